The summed E-state index contributed by atoms with van der Waals surface area (Å²) in [6.45, 7) is 3.16. The lowest BCUT2D eigenvalue weighted by atomic mass is 10.1. The zero-order valence-electron chi connectivity index (χ0n) is 12.5. The summed E-state index contributed by atoms with van der Waals surface area (Å²) in [7, 11) is 1.59. The number of methoxy groups -OCH3 is 1. The van der Waals surface area contributed by atoms with Crippen LogP contribution in [0.4, 0.5) is 5.69 Å². The Hall–Kier alpha value is -1.76. The Morgan fingerprint density at radius 1 is 1.24 bits per heavy atom. The molecule has 0 unspecified atom stereocenters. The lowest BCUT2D eigenvalue weighted by molar-refractivity contribution is -0.117. The van der Waals surface area contributed by atoms with E-state index >= 15 is 0 Å². The van der Waals surface area contributed by atoms with Gasteiger partial charge in [-0.25, -0.2) is 0 Å². The van der Waals surface area contributed by atoms with Gasteiger partial charge in [0.25, 0.3) is 0 Å². The molecule has 0 heterocycles. The van der Waals surface area contributed by atoms with Gasteiger partial charge in [-0.1, -0.05) is 0 Å². The molecule has 0 aromatic heterocycles. The number of nitrogens with zero attached hydrogens (tertiary/aromatic N) is 1. The summed E-state index contributed by atoms with van der Waals surface area (Å²) in [6.07, 6.45) is 0. The standard InChI is InChI=1S/C15H22N2O4/c1-12(19)13-3-5-14(6-4-13)16-15(20)11-17(7-9-18)8-10-21-2/h3-6,18H,7-11H2,1-2H3,(H,16,20). The first kappa shape index (κ1) is 17.3. The molecule has 1 aromatic carbocycles. The summed E-state index contributed by atoms with van der Waals surface area (Å²) in [4.78, 5) is 24.9. The van der Waals surface area contributed by atoms with Gasteiger partial charge in [-0.2, -0.15) is 0 Å². The minimum atomic E-state index is -0.171. The van der Waals surface area contributed by atoms with E-state index in [9.17, 15) is 9.59 Å². The average molecular weight is 294 g/mol. The molecular formula is C15H22N2O4. The fraction of sp³-hybridized carbons (Fsp3) is 0.467. The van der Waals surface area contributed by atoms with Crippen molar-refractivity contribution in [2.75, 3.05) is 45.3 Å². The smallest absolute Gasteiger partial charge is 0.238 e. The third kappa shape index (κ3) is 6.48. The number of rotatable bonds is 9. The maximum Gasteiger partial charge on any atom is 0.238 e. The van der Waals surface area contributed by atoms with Crippen molar-refractivity contribution in [3.63, 3.8) is 0 Å². The van der Waals surface area contributed by atoms with Crippen molar-refractivity contribution in [3.8, 4) is 0 Å². The van der Waals surface area contributed by atoms with Gasteiger partial charge in [-0.05, 0) is 31.2 Å². The van der Waals surface area contributed by atoms with Crippen LogP contribution in [0.5, 0.6) is 0 Å². The highest BCUT2D eigenvalue weighted by atomic mass is 16.5. The van der Waals surface area contributed by atoms with Gasteiger partial charge in [0.2, 0.25) is 5.91 Å². The summed E-state index contributed by atoms with van der Waals surface area (Å²) in [5, 5.41) is 11.7. The molecule has 0 aliphatic heterocycles. The van der Waals surface area contributed by atoms with Gasteiger partial charge in [-0.3, -0.25) is 14.5 Å². The monoisotopic (exact) mass is 294 g/mol. The first-order valence-electron chi connectivity index (χ1n) is 6.80. The molecule has 6 nitrogen and oxygen atoms in total. The number of ether oxygens (including phenoxy) is 1. The van der Waals surface area contributed by atoms with Gasteiger partial charge in [0.05, 0.1) is 19.8 Å². The maximum absolute atomic E-state index is 11.9. The number of benzene rings is 1. The predicted octanol–water partition coefficient (Wildman–Crippen LogP) is 0.768. The molecule has 21 heavy (non-hydrogen) atoms. The number of hydrogen-bond acceptors (Lipinski definition) is 5. The Morgan fingerprint density at radius 3 is 2.43 bits per heavy atom. The normalized spacial score (nSPS) is 10.7. The lowest BCUT2D eigenvalue weighted by Gasteiger charge is -2.20. The number of aliphatic hydroxyl groups is 1. The molecular weight excluding hydrogens is 272 g/mol. The largest absolute Gasteiger partial charge is 0.395 e. The lowest BCUT2D eigenvalue weighted by Crippen LogP contribution is -2.37. The van der Waals surface area contributed by atoms with E-state index < -0.39 is 0 Å². The molecule has 1 rings (SSSR count). The fourth-order valence-electron chi connectivity index (χ4n) is 1.82. The first-order valence-corrected chi connectivity index (χ1v) is 6.80. The highest BCUT2D eigenvalue weighted by molar-refractivity contribution is 5.96. The summed E-state index contributed by atoms with van der Waals surface area (Å²) < 4.78 is 4.97. The van der Waals surface area contributed by atoms with Crippen molar-refractivity contribution in [1.29, 1.82) is 0 Å². The van der Waals surface area contributed by atoms with E-state index in [2.05, 4.69) is 5.32 Å². The van der Waals surface area contributed by atoms with Crippen LogP contribution in [0.2, 0.25) is 0 Å². The van der Waals surface area contributed by atoms with Crippen LogP contribution < -0.4 is 5.32 Å². The van der Waals surface area contributed by atoms with Crippen LogP contribution in [0, 0.1) is 0 Å². The van der Waals surface area contributed by atoms with Crippen LogP contribution in [-0.2, 0) is 9.53 Å². The number of nitrogens with one attached hydrogen (secondary N) is 1. The minimum absolute atomic E-state index is 0.00962. The Bertz CT molecular complexity index is 459. The Morgan fingerprint density at radius 2 is 1.90 bits per heavy atom. The van der Waals surface area contributed by atoms with E-state index in [0.29, 0.717) is 30.9 Å². The number of aliphatic hydroxyl groups excluding tert-OH is 1. The van der Waals surface area contributed by atoms with E-state index in [0.717, 1.165) is 0 Å². The van der Waals surface area contributed by atoms with Crippen molar-refractivity contribution in [3.05, 3.63) is 29.8 Å². The number of carbonyl (C=O) groups is 2. The quantitative estimate of drug-likeness (QED) is 0.658. The van der Waals surface area contributed by atoms with Crippen molar-refractivity contribution >= 4 is 17.4 Å². The molecule has 1 aromatic rings. The van der Waals surface area contributed by atoms with Crippen LogP contribution in [0.25, 0.3) is 0 Å². The van der Waals surface area contributed by atoms with Gasteiger partial charge < -0.3 is 15.2 Å². The summed E-state index contributed by atoms with van der Waals surface area (Å²) in [5.74, 6) is -0.184. The van der Waals surface area contributed by atoms with Crippen molar-refractivity contribution in [1.82, 2.24) is 4.90 Å². The van der Waals surface area contributed by atoms with Crippen molar-refractivity contribution in [2.45, 2.75) is 6.92 Å². The van der Waals surface area contributed by atoms with Gasteiger partial charge in [0.1, 0.15) is 0 Å². The van der Waals surface area contributed by atoms with E-state index in [-0.39, 0.29) is 24.8 Å². The van der Waals surface area contributed by atoms with Crippen LogP contribution in [0.3, 0.4) is 0 Å². The Kier molecular flexibility index (Phi) is 7.60. The van der Waals surface area contributed by atoms with Gasteiger partial charge in [0.15, 0.2) is 5.78 Å². The summed E-state index contributed by atoms with van der Waals surface area (Å²) >= 11 is 0. The van der Waals surface area contributed by atoms with E-state index in [4.69, 9.17) is 9.84 Å². The molecule has 0 saturated heterocycles. The number of ketones is 1. The number of amides is 1. The summed E-state index contributed by atoms with van der Waals surface area (Å²) in [5.41, 5.74) is 1.25. The second-order valence-corrected chi connectivity index (χ2v) is 4.67. The molecule has 0 spiro atoms. The molecule has 0 aliphatic rings. The molecule has 116 valence electrons. The zero-order valence-corrected chi connectivity index (χ0v) is 12.5. The Balaban J connectivity index is 2.52. The van der Waals surface area contributed by atoms with Crippen LogP contribution in [0.1, 0.15) is 17.3 Å². The first-order chi connectivity index (χ1) is 10.1. The average Bonchev–Trinajstić information content (AvgIpc) is 2.45. The van der Waals surface area contributed by atoms with E-state index in [1.54, 1.807) is 31.4 Å². The van der Waals surface area contributed by atoms with Crippen LogP contribution >= 0.6 is 0 Å². The van der Waals surface area contributed by atoms with Gasteiger partial charge in [-0.15, -0.1) is 0 Å². The third-order valence-electron chi connectivity index (χ3n) is 2.97. The zero-order chi connectivity index (χ0) is 15.7. The minimum Gasteiger partial charge on any atom is -0.395 e. The van der Waals surface area contributed by atoms with Crippen LogP contribution in [-0.4, -0.2) is 61.7 Å². The van der Waals surface area contributed by atoms with Crippen molar-refractivity contribution in [2.24, 2.45) is 0 Å². The maximum atomic E-state index is 11.9. The molecule has 0 fully saturated rings. The molecule has 1 amide bonds. The number of anilines is 1. The molecule has 0 aliphatic carbocycles. The van der Waals surface area contributed by atoms with E-state index in [1.165, 1.54) is 6.92 Å². The second kappa shape index (κ2) is 9.23. The molecule has 0 radical (unpaired) electrons. The van der Waals surface area contributed by atoms with Crippen LogP contribution in [0.15, 0.2) is 24.3 Å². The van der Waals surface area contributed by atoms with Crippen molar-refractivity contribution < 1.29 is 19.4 Å². The predicted molar refractivity (Wildman–Crippen MR) is 80.5 cm³/mol. The molecule has 0 atom stereocenters. The molecule has 0 saturated carbocycles. The van der Waals surface area contributed by atoms with Gasteiger partial charge in [0, 0.05) is 31.5 Å². The third-order valence-corrected chi connectivity index (χ3v) is 2.97. The summed E-state index contributed by atoms with van der Waals surface area (Å²) in [6, 6.07) is 6.74. The number of hydrogen-bond donors (Lipinski definition) is 2. The highest BCUT2D eigenvalue weighted by Gasteiger charge is 2.10. The second-order valence-electron chi connectivity index (χ2n) is 4.67. The Labute approximate surface area is 124 Å². The fourth-order valence-corrected chi connectivity index (χ4v) is 1.82. The van der Waals surface area contributed by atoms with Gasteiger partial charge >= 0.3 is 0 Å². The topological polar surface area (TPSA) is 78.9 Å². The molecule has 0 bridgehead atoms. The van der Waals surface area contributed by atoms with E-state index in [1.807, 2.05) is 4.90 Å². The SMILES string of the molecule is COCCN(CCO)CC(=O)Nc1ccc(C(C)=O)cc1. The highest BCUT2D eigenvalue weighted by Crippen LogP contribution is 2.10. The molecule has 6 heteroatoms. The molecule has 2 N–H and O–H groups in total. The number of carbonyl (C=O) groups excluding carboxylic acids is 2. The number of Topliss-reactive ketones (excluding diaryl/α,β-unsaturated/α-hetero) is 1.